The van der Waals surface area contributed by atoms with Crippen molar-refractivity contribution in [1.82, 2.24) is 0 Å². The van der Waals surface area contributed by atoms with Crippen molar-refractivity contribution >= 4 is 33.7 Å². The van der Waals surface area contributed by atoms with E-state index in [1.807, 2.05) is 0 Å². The third-order valence-electron chi connectivity index (χ3n) is 2.05. The van der Waals surface area contributed by atoms with E-state index in [1.54, 1.807) is 0 Å². The first kappa shape index (κ1) is 15.2. The van der Waals surface area contributed by atoms with Crippen molar-refractivity contribution in [3.05, 3.63) is 43.9 Å². The predicted molar refractivity (Wildman–Crippen MR) is 62.5 cm³/mol. The number of benzene rings is 1. The minimum Gasteiger partial charge on any atom is -0.478 e. The number of nitro benzene ring substituents is 1. The van der Waals surface area contributed by atoms with Gasteiger partial charge >= 0.3 is 12.1 Å². The lowest BCUT2D eigenvalue weighted by atomic mass is 10.0. The fourth-order valence-electron chi connectivity index (χ4n) is 1.34. The second-order valence-electron chi connectivity index (χ2n) is 3.28. The van der Waals surface area contributed by atoms with Gasteiger partial charge in [0.1, 0.15) is 0 Å². The summed E-state index contributed by atoms with van der Waals surface area (Å²) >= 11 is 2.77. The van der Waals surface area contributed by atoms with Crippen LogP contribution in [0, 0.1) is 10.1 Å². The van der Waals surface area contributed by atoms with E-state index in [0.717, 1.165) is 6.07 Å². The fourth-order valence-corrected chi connectivity index (χ4v) is 1.83. The number of hydrogen-bond donors (Lipinski definition) is 1. The van der Waals surface area contributed by atoms with E-state index >= 15 is 0 Å². The molecule has 0 aromatic heterocycles. The van der Waals surface area contributed by atoms with Crippen molar-refractivity contribution in [2.24, 2.45) is 0 Å². The van der Waals surface area contributed by atoms with Crippen LogP contribution in [0.1, 0.15) is 11.1 Å². The molecule has 19 heavy (non-hydrogen) atoms. The average Bonchev–Trinajstić information content (AvgIpc) is 2.23. The highest BCUT2D eigenvalue weighted by Gasteiger charge is 2.36. The van der Waals surface area contributed by atoms with E-state index in [1.165, 1.54) is 0 Å². The number of nitrogens with zero attached hydrogens (tertiary/aromatic N) is 1. The Morgan fingerprint density at radius 1 is 1.42 bits per heavy atom. The van der Waals surface area contributed by atoms with Gasteiger partial charge in [-0.3, -0.25) is 10.1 Å². The summed E-state index contributed by atoms with van der Waals surface area (Å²) in [4.78, 5) is 20.1. The maximum atomic E-state index is 12.7. The topological polar surface area (TPSA) is 80.4 Å². The number of carboxylic acid groups (broad SMARTS) is 1. The number of rotatable bonds is 3. The molecule has 0 fully saturated rings. The highest BCUT2D eigenvalue weighted by atomic mass is 79.9. The standard InChI is InChI=1S/C10H5BrF3NO4/c11-7-3-2-6(10(12,13)14)5(1-4-8(16)17)9(7)15(18)19/h1-4H,(H,16,17)/b4-1+. The van der Waals surface area contributed by atoms with Gasteiger partial charge in [-0.15, -0.1) is 0 Å². The molecule has 0 saturated heterocycles. The third-order valence-corrected chi connectivity index (χ3v) is 2.69. The van der Waals surface area contributed by atoms with E-state index in [9.17, 15) is 28.1 Å². The molecule has 5 nitrogen and oxygen atoms in total. The third kappa shape index (κ3) is 3.53. The van der Waals surface area contributed by atoms with Crippen molar-refractivity contribution in [1.29, 1.82) is 0 Å². The van der Waals surface area contributed by atoms with E-state index in [-0.39, 0.29) is 4.47 Å². The number of carbonyl (C=O) groups is 1. The first-order valence-electron chi connectivity index (χ1n) is 4.59. The number of aliphatic carboxylic acids is 1. The van der Waals surface area contributed by atoms with E-state index in [0.29, 0.717) is 18.2 Å². The molecule has 0 aliphatic rings. The quantitative estimate of drug-likeness (QED) is 0.519. The summed E-state index contributed by atoms with van der Waals surface area (Å²) in [6.45, 7) is 0. The Labute approximate surface area is 112 Å². The van der Waals surface area contributed by atoms with Crippen LogP contribution >= 0.6 is 15.9 Å². The van der Waals surface area contributed by atoms with Gasteiger partial charge in [-0.05, 0) is 34.1 Å². The Balaban J connectivity index is 3.63. The number of nitro groups is 1. The smallest absolute Gasteiger partial charge is 0.417 e. The summed E-state index contributed by atoms with van der Waals surface area (Å²) in [5.41, 5.74) is -2.93. The van der Waals surface area contributed by atoms with Crippen molar-refractivity contribution < 1.29 is 28.0 Å². The number of alkyl halides is 3. The molecule has 0 radical (unpaired) electrons. The SMILES string of the molecule is O=C(O)/C=C/c1c(C(F)(F)F)ccc(Br)c1[N+](=O)[O-]. The Morgan fingerprint density at radius 2 is 2.00 bits per heavy atom. The molecule has 0 aliphatic heterocycles. The molecule has 0 amide bonds. The second kappa shape index (κ2) is 5.39. The molecule has 0 spiro atoms. The lowest BCUT2D eigenvalue weighted by Gasteiger charge is -2.11. The predicted octanol–water partition coefficient (Wildman–Crippen LogP) is 3.47. The zero-order valence-corrected chi connectivity index (χ0v) is 10.5. The van der Waals surface area contributed by atoms with E-state index in [4.69, 9.17) is 5.11 Å². The van der Waals surface area contributed by atoms with Crippen LogP contribution in [0.5, 0.6) is 0 Å². The summed E-state index contributed by atoms with van der Waals surface area (Å²) < 4.78 is 38.0. The summed E-state index contributed by atoms with van der Waals surface area (Å²) in [5.74, 6) is -1.51. The molecular weight excluding hydrogens is 335 g/mol. The van der Waals surface area contributed by atoms with Crippen molar-refractivity contribution in [2.75, 3.05) is 0 Å². The van der Waals surface area contributed by atoms with Crippen molar-refractivity contribution in [3.63, 3.8) is 0 Å². The maximum Gasteiger partial charge on any atom is 0.417 e. The summed E-state index contributed by atoms with van der Waals surface area (Å²) in [5, 5.41) is 19.2. The first-order chi connectivity index (χ1) is 8.64. The number of halogens is 4. The van der Waals surface area contributed by atoms with Crippen LogP contribution in [-0.2, 0) is 11.0 Å². The van der Waals surface area contributed by atoms with Crippen LogP contribution in [0.4, 0.5) is 18.9 Å². The van der Waals surface area contributed by atoms with Gasteiger partial charge in [0.15, 0.2) is 0 Å². The average molecular weight is 340 g/mol. The number of carboxylic acids is 1. The van der Waals surface area contributed by atoms with Gasteiger partial charge in [-0.1, -0.05) is 0 Å². The van der Waals surface area contributed by atoms with Gasteiger partial charge in [0.25, 0.3) is 5.69 Å². The number of hydrogen-bond acceptors (Lipinski definition) is 3. The van der Waals surface area contributed by atoms with Crippen LogP contribution in [0.15, 0.2) is 22.7 Å². The largest absolute Gasteiger partial charge is 0.478 e. The zero-order valence-electron chi connectivity index (χ0n) is 8.94. The minimum atomic E-state index is -4.83. The van der Waals surface area contributed by atoms with E-state index in [2.05, 4.69) is 15.9 Å². The molecule has 9 heteroatoms. The van der Waals surface area contributed by atoms with Crippen LogP contribution in [0.2, 0.25) is 0 Å². The fraction of sp³-hybridized carbons (Fsp3) is 0.100. The lowest BCUT2D eigenvalue weighted by Crippen LogP contribution is -2.09. The van der Waals surface area contributed by atoms with Crippen molar-refractivity contribution in [3.8, 4) is 0 Å². The lowest BCUT2D eigenvalue weighted by molar-refractivity contribution is -0.386. The zero-order chi connectivity index (χ0) is 14.8. The molecule has 1 rings (SSSR count). The van der Waals surface area contributed by atoms with Gasteiger partial charge in [-0.25, -0.2) is 4.79 Å². The van der Waals surface area contributed by atoms with Crippen LogP contribution in [-0.4, -0.2) is 16.0 Å². The van der Waals surface area contributed by atoms with Gasteiger partial charge in [-0.2, -0.15) is 13.2 Å². The molecule has 0 bridgehead atoms. The Hall–Kier alpha value is -1.90. The van der Waals surface area contributed by atoms with Crippen LogP contribution < -0.4 is 0 Å². The summed E-state index contributed by atoms with van der Waals surface area (Å²) in [6, 6.07) is 1.53. The van der Waals surface area contributed by atoms with Crippen LogP contribution in [0.3, 0.4) is 0 Å². The second-order valence-corrected chi connectivity index (χ2v) is 4.14. The van der Waals surface area contributed by atoms with Crippen molar-refractivity contribution in [2.45, 2.75) is 6.18 Å². The molecule has 0 heterocycles. The molecule has 1 aromatic rings. The molecule has 0 saturated carbocycles. The monoisotopic (exact) mass is 339 g/mol. The molecular formula is C10H5BrF3NO4. The summed E-state index contributed by atoms with van der Waals surface area (Å²) in [7, 11) is 0. The highest BCUT2D eigenvalue weighted by Crippen LogP contribution is 2.40. The normalized spacial score (nSPS) is 11.8. The Morgan fingerprint density at radius 3 is 2.42 bits per heavy atom. The first-order valence-corrected chi connectivity index (χ1v) is 5.39. The van der Waals surface area contributed by atoms with Gasteiger partial charge in [0.05, 0.1) is 20.5 Å². The molecule has 1 aromatic carbocycles. The minimum absolute atomic E-state index is 0.171. The molecule has 102 valence electrons. The Kier molecular flexibility index (Phi) is 4.30. The Bertz CT molecular complexity index is 569. The molecule has 1 N–H and O–H groups in total. The maximum absolute atomic E-state index is 12.7. The molecule has 0 unspecified atom stereocenters. The van der Waals surface area contributed by atoms with E-state index < -0.39 is 33.9 Å². The van der Waals surface area contributed by atoms with Gasteiger partial charge in [0, 0.05) is 6.08 Å². The molecule has 0 atom stereocenters. The summed E-state index contributed by atoms with van der Waals surface area (Å²) in [6.07, 6.45) is -3.87. The van der Waals surface area contributed by atoms with Gasteiger partial charge in [0.2, 0.25) is 0 Å². The van der Waals surface area contributed by atoms with Gasteiger partial charge < -0.3 is 5.11 Å². The highest BCUT2D eigenvalue weighted by molar-refractivity contribution is 9.10. The van der Waals surface area contributed by atoms with Crippen LogP contribution in [0.25, 0.3) is 6.08 Å². The molecule has 0 aliphatic carbocycles.